The van der Waals surface area contributed by atoms with Crippen molar-refractivity contribution in [3.8, 4) is 5.75 Å². The summed E-state index contributed by atoms with van der Waals surface area (Å²) in [5.74, 6) is 0.0346. The Balaban J connectivity index is 1.88. The lowest BCUT2D eigenvalue weighted by molar-refractivity contribution is -0.384. The van der Waals surface area contributed by atoms with Gasteiger partial charge < -0.3 is 10.4 Å². The monoisotopic (exact) mass is 400 g/mol. The van der Waals surface area contributed by atoms with E-state index >= 15 is 0 Å². The second-order valence-corrected chi connectivity index (χ2v) is 7.17. The van der Waals surface area contributed by atoms with Crippen molar-refractivity contribution in [2.75, 3.05) is 5.32 Å². The van der Waals surface area contributed by atoms with E-state index in [1.165, 1.54) is 6.07 Å². The van der Waals surface area contributed by atoms with Crippen molar-refractivity contribution < 1.29 is 10.0 Å². The van der Waals surface area contributed by atoms with E-state index in [9.17, 15) is 15.2 Å². The van der Waals surface area contributed by atoms with Crippen molar-refractivity contribution in [3.05, 3.63) is 99.5 Å². The zero-order valence-corrected chi connectivity index (χ0v) is 16.5. The first-order valence-electron chi connectivity index (χ1n) is 9.45. The summed E-state index contributed by atoms with van der Waals surface area (Å²) in [5.41, 5.74) is 3.71. The number of nitrogens with one attached hydrogen (secondary N) is 1. The van der Waals surface area contributed by atoms with Crippen LogP contribution in [0.5, 0.6) is 5.75 Å². The second-order valence-electron chi connectivity index (χ2n) is 7.17. The number of hydrogen-bond acceptors (Lipinski definition) is 6. The van der Waals surface area contributed by atoms with Gasteiger partial charge >= 0.3 is 0 Å². The number of phenols is 1. The number of anilines is 1. The first kappa shape index (κ1) is 19.3. The Hall–Kier alpha value is -4.00. The molecule has 2 heterocycles. The molecule has 30 heavy (non-hydrogen) atoms. The summed E-state index contributed by atoms with van der Waals surface area (Å²) in [6.07, 6.45) is 3.32. The molecule has 0 radical (unpaired) electrons. The van der Waals surface area contributed by atoms with E-state index in [-0.39, 0.29) is 11.4 Å². The predicted octanol–water partition coefficient (Wildman–Crippen LogP) is 5.06. The van der Waals surface area contributed by atoms with Crippen LogP contribution in [-0.4, -0.2) is 20.0 Å². The molecule has 0 saturated carbocycles. The molecule has 4 aromatic rings. The zero-order chi connectivity index (χ0) is 21.3. The van der Waals surface area contributed by atoms with Gasteiger partial charge in [0.2, 0.25) is 0 Å². The van der Waals surface area contributed by atoms with Gasteiger partial charge in [0.25, 0.3) is 5.69 Å². The van der Waals surface area contributed by atoms with E-state index in [2.05, 4.69) is 15.3 Å². The van der Waals surface area contributed by atoms with Crippen LogP contribution in [0.4, 0.5) is 11.4 Å². The zero-order valence-electron chi connectivity index (χ0n) is 16.5. The third-order valence-electron chi connectivity index (χ3n) is 4.98. The molecule has 0 fully saturated rings. The Morgan fingerprint density at radius 2 is 1.90 bits per heavy atom. The first-order valence-corrected chi connectivity index (χ1v) is 9.45. The minimum atomic E-state index is -0.563. The Labute approximate surface area is 173 Å². The van der Waals surface area contributed by atoms with Gasteiger partial charge in [0.15, 0.2) is 0 Å². The van der Waals surface area contributed by atoms with Gasteiger partial charge in [0.1, 0.15) is 17.0 Å². The number of nitrogens with zero attached hydrogens (tertiary/aromatic N) is 3. The average molecular weight is 400 g/mol. The highest BCUT2D eigenvalue weighted by Gasteiger charge is 2.23. The van der Waals surface area contributed by atoms with Gasteiger partial charge in [-0.2, -0.15) is 0 Å². The van der Waals surface area contributed by atoms with Gasteiger partial charge in [0, 0.05) is 35.1 Å². The van der Waals surface area contributed by atoms with E-state index < -0.39 is 11.0 Å². The number of nitro groups is 1. The van der Waals surface area contributed by atoms with Crippen molar-refractivity contribution in [2.45, 2.75) is 19.9 Å². The number of rotatable bonds is 5. The van der Waals surface area contributed by atoms with Gasteiger partial charge in [-0.05, 0) is 43.2 Å². The molecular formula is C23H20N4O3. The third-order valence-corrected chi connectivity index (χ3v) is 4.98. The molecule has 2 aromatic carbocycles. The van der Waals surface area contributed by atoms with Crippen LogP contribution in [0.15, 0.2) is 67.0 Å². The highest BCUT2D eigenvalue weighted by Crippen LogP contribution is 2.38. The lowest BCUT2D eigenvalue weighted by atomic mass is 9.96. The summed E-state index contributed by atoms with van der Waals surface area (Å²) < 4.78 is 0. The minimum Gasteiger partial charge on any atom is -0.505 e. The molecule has 0 saturated heterocycles. The Morgan fingerprint density at radius 3 is 2.63 bits per heavy atom. The maximum absolute atomic E-state index is 11.6. The standard InChI is InChI=1S/C23H20N4O3/c1-14-5-10-19(20(12-14)27(29)30)26-21(17-4-3-11-24-13-17)18-9-8-16-7-6-15(2)25-22(16)23(18)28/h3-13,21,26,28H,1-2H3. The normalized spacial score (nSPS) is 11.9. The van der Waals surface area contributed by atoms with Gasteiger partial charge in [0.05, 0.1) is 11.0 Å². The molecular weight excluding hydrogens is 380 g/mol. The fourth-order valence-corrected chi connectivity index (χ4v) is 3.48. The van der Waals surface area contributed by atoms with Gasteiger partial charge in [-0.25, -0.2) is 4.98 Å². The predicted molar refractivity (Wildman–Crippen MR) is 116 cm³/mol. The number of hydrogen-bond donors (Lipinski definition) is 2. The second kappa shape index (κ2) is 7.79. The molecule has 0 amide bonds. The number of phenolic OH excluding ortho intramolecular Hbond substituents is 1. The maximum Gasteiger partial charge on any atom is 0.292 e. The molecule has 1 unspecified atom stereocenters. The molecule has 0 aliphatic rings. The van der Waals surface area contributed by atoms with Gasteiger partial charge in [-0.1, -0.05) is 30.3 Å². The molecule has 0 aliphatic carbocycles. The van der Waals surface area contributed by atoms with Crippen LogP contribution in [0.25, 0.3) is 10.9 Å². The van der Waals surface area contributed by atoms with Crippen molar-refractivity contribution in [1.29, 1.82) is 0 Å². The fraction of sp³-hybridized carbons (Fsp3) is 0.130. The first-order chi connectivity index (χ1) is 14.4. The summed E-state index contributed by atoms with van der Waals surface area (Å²) in [6, 6.07) is 15.6. The molecule has 0 spiro atoms. The van der Waals surface area contributed by atoms with E-state index in [0.717, 1.165) is 22.2 Å². The van der Waals surface area contributed by atoms with Gasteiger partial charge in [-0.15, -0.1) is 0 Å². The number of benzene rings is 2. The van der Waals surface area contributed by atoms with Gasteiger partial charge in [-0.3, -0.25) is 15.1 Å². The molecule has 2 N–H and O–H groups in total. The Kier molecular flexibility index (Phi) is 5.02. The number of aryl methyl sites for hydroxylation is 2. The molecule has 7 nitrogen and oxygen atoms in total. The summed E-state index contributed by atoms with van der Waals surface area (Å²) in [7, 11) is 0. The van der Waals surface area contributed by atoms with Crippen molar-refractivity contribution in [2.24, 2.45) is 0 Å². The lowest BCUT2D eigenvalue weighted by Gasteiger charge is -2.22. The molecule has 4 rings (SSSR count). The highest BCUT2D eigenvalue weighted by molar-refractivity contribution is 5.86. The summed E-state index contributed by atoms with van der Waals surface area (Å²) in [6.45, 7) is 3.66. The largest absolute Gasteiger partial charge is 0.505 e. The molecule has 2 aromatic heterocycles. The number of pyridine rings is 2. The smallest absolute Gasteiger partial charge is 0.292 e. The summed E-state index contributed by atoms with van der Waals surface area (Å²) >= 11 is 0. The molecule has 0 bridgehead atoms. The fourth-order valence-electron chi connectivity index (χ4n) is 3.48. The molecule has 150 valence electrons. The van der Waals surface area contributed by atoms with Crippen molar-refractivity contribution in [1.82, 2.24) is 9.97 Å². The van der Waals surface area contributed by atoms with Crippen LogP contribution in [0.3, 0.4) is 0 Å². The average Bonchev–Trinajstić information content (AvgIpc) is 2.74. The summed E-state index contributed by atoms with van der Waals surface area (Å²) in [4.78, 5) is 19.8. The third kappa shape index (κ3) is 3.65. The Bertz CT molecular complexity index is 1240. The summed E-state index contributed by atoms with van der Waals surface area (Å²) in [5, 5.41) is 26.7. The van der Waals surface area contributed by atoms with Crippen LogP contribution in [-0.2, 0) is 0 Å². The number of aromatic nitrogens is 2. The SMILES string of the molecule is Cc1ccc(NC(c2cccnc2)c2ccc3ccc(C)nc3c2O)c([N+](=O)[O-])c1. The van der Waals surface area contributed by atoms with E-state index in [1.54, 1.807) is 43.6 Å². The molecule has 0 aliphatic heterocycles. The maximum atomic E-state index is 11.6. The van der Waals surface area contributed by atoms with Crippen LogP contribution >= 0.6 is 0 Å². The molecule has 7 heteroatoms. The number of nitro benzene ring substituents is 1. The molecule has 1 atom stereocenters. The van der Waals surface area contributed by atoms with Crippen LogP contribution in [0, 0.1) is 24.0 Å². The lowest BCUT2D eigenvalue weighted by Crippen LogP contribution is -2.14. The minimum absolute atomic E-state index is 0.0295. The topological polar surface area (TPSA) is 101 Å². The van der Waals surface area contributed by atoms with Crippen molar-refractivity contribution in [3.63, 3.8) is 0 Å². The van der Waals surface area contributed by atoms with Crippen LogP contribution in [0.2, 0.25) is 0 Å². The van der Waals surface area contributed by atoms with E-state index in [4.69, 9.17) is 0 Å². The van der Waals surface area contributed by atoms with E-state index in [1.807, 2.05) is 31.2 Å². The van der Waals surface area contributed by atoms with Crippen molar-refractivity contribution >= 4 is 22.3 Å². The van der Waals surface area contributed by atoms with E-state index in [0.29, 0.717) is 16.8 Å². The highest BCUT2D eigenvalue weighted by atomic mass is 16.6. The quantitative estimate of drug-likeness (QED) is 0.359. The van der Waals surface area contributed by atoms with Crippen LogP contribution in [0.1, 0.15) is 28.4 Å². The number of fused-ring (bicyclic) bond motifs is 1. The van der Waals surface area contributed by atoms with Crippen LogP contribution < -0.4 is 5.32 Å². The number of aromatic hydroxyl groups is 1. The Morgan fingerprint density at radius 1 is 1.10 bits per heavy atom.